The highest BCUT2D eigenvalue weighted by Gasteiger charge is 2.23. The molecule has 1 fully saturated rings. The zero-order chi connectivity index (χ0) is 19.6. The van der Waals surface area contributed by atoms with Crippen molar-refractivity contribution in [2.24, 2.45) is 5.92 Å². The zero-order valence-corrected chi connectivity index (χ0v) is 16.5. The van der Waals surface area contributed by atoms with Gasteiger partial charge in [-0.2, -0.15) is 0 Å². The molecule has 142 valence electrons. The van der Waals surface area contributed by atoms with Gasteiger partial charge in [-0.3, -0.25) is 14.6 Å². The maximum Gasteiger partial charge on any atom is 0.272 e. The minimum absolute atomic E-state index is 0.0982. The van der Waals surface area contributed by atoms with Crippen LogP contribution in [0.5, 0.6) is 0 Å². The number of likely N-dealkylation sites (tertiary alicyclic amines) is 1. The smallest absolute Gasteiger partial charge is 0.272 e. The summed E-state index contributed by atoms with van der Waals surface area (Å²) in [5.74, 6) is 0.175. The maximum absolute atomic E-state index is 12.8. The lowest BCUT2D eigenvalue weighted by molar-refractivity contribution is 0.0677. The first-order chi connectivity index (χ1) is 12.8. The number of nitrogens with one attached hydrogen (secondary N) is 1. The van der Waals surface area contributed by atoms with E-state index in [1.54, 1.807) is 12.1 Å². The van der Waals surface area contributed by atoms with Gasteiger partial charge in [-0.25, -0.2) is 0 Å². The highest BCUT2D eigenvalue weighted by molar-refractivity contribution is 6.06. The normalized spacial score (nSPS) is 16.9. The van der Waals surface area contributed by atoms with Gasteiger partial charge in [0.2, 0.25) is 0 Å². The number of aryl methyl sites for hydroxylation is 3. The third kappa shape index (κ3) is 4.35. The molecule has 0 radical (unpaired) electrons. The highest BCUT2D eigenvalue weighted by atomic mass is 16.2. The molecule has 0 spiro atoms. The number of hydrogen-bond donors (Lipinski definition) is 1. The monoisotopic (exact) mass is 365 g/mol. The molecular weight excluding hydrogens is 338 g/mol. The minimum atomic E-state index is -0.228. The molecule has 5 heteroatoms. The molecule has 1 aliphatic rings. The zero-order valence-electron chi connectivity index (χ0n) is 16.5. The molecule has 0 bridgehead atoms. The second kappa shape index (κ2) is 7.91. The summed E-state index contributed by atoms with van der Waals surface area (Å²) in [6.07, 6.45) is 3.69. The second-order valence-corrected chi connectivity index (χ2v) is 7.66. The van der Waals surface area contributed by atoms with Crippen LogP contribution in [0.15, 0.2) is 30.5 Å². The van der Waals surface area contributed by atoms with E-state index in [4.69, 9.17) is 0 Å². The highest BCUT2D eigenvalue weighted by Crippen LogP contribution is 2.23. The topological polar surface area (TPSA) is 62.3 Å². The predicted molar refractivity (Wildman–Crippen MR) is 107 cm³/mol. The summed E-state index contributed by atoms with van der Waals surface area (Å²) < 4.78 is 0. The fourth-order valence-electron chi connectivity index (χ4n) is 3.79. The molecule has 5 nitrogen and oxygen atoms in total. The number of anilines is 1. The molecule has 1 aromatic carbocycles. The summed E-state index contributed by atoms with van der Waals surface area (Å²) in [5, 5.41) is 2.98. The van der Waals surface area contributed by atoms with Crippen molar-refractivity contribution in [3.05, 3.63) is 58.4 Å². The van der Waals surface area contributed by atoms with Crippen LogP contribution in [0.4, 0.5) is 5.69 Å². The average molecular weight is 365 g/mol. The number of hydrogen-bond acceptors (Lipinski definition) is 3. The van der Waals surface area contributed by atoms with Crippen molar-refractivity contribution in [3.63, 3.8) is 0 Å². The number of piperidine rings is 1. The van der Waals surface area contributed by atoms with E-state index in [1.165, 1.54) is 6.20 Å². The van der Waals surface area contributed by atoms with Crippen molar-refractivity contribution >= 4 is 17.5 Å². The molecule has 3 rings (SSSR count). The largest absolute Gasteiger partial charge is 0.337 e. The second-order valence-electron chi connectivity index (χ2n) is 7.66. The SMILES string of the molecule is Cc1cc(C)c(NC(=O)c2ccnc(C(=O)N3CCCC(C)C3)c2)c(C)c1. The lowest BCUT2D eigenvalue weighted by Gasteiger charge is -2.30. The van der Waals surface area contributed by atoms with Gasteiger partial charge in [-0.05, 0) is 62.8 Å². The molecule has 2 heterocycles. The van der Waals surface area contributed by atoms with E-state index in [2.05, 4.69) is 17.2 Å². The first-order valence-corrected chi connectivity index (χ1v) is 9.49. The van der Waals surface area contributed by atoms with E-state index in [0.717, 1.165) is 48.3 Å². The van der Waals surface area contributed by atoms with Crippen molar-refractivity contribution in [2.75, 3.05) is 18.4 Å². The van der Waals surface area contributed by atoms with Crippen molar-refractivity contribution in [1.82, 2.24) is 9.88 Å². The molecule has 2 aromatic rings. The van der Waals surface area contributed by atoms with E-state index >= 15 is 0 Å². The fraction of sp³-hybridized carbons (Fsp3) is 0.409. The van der Waals surface area contributed by atoms with Gasteiger partial charge >= 0.3 is 0 Å². The number of carbonyl (C=O) groups is 2. The predicted octanol–water partition coefficient (Wildman–Crippen LogP) is 4.13. The number of rotatable bonds is 3. The van der Waals surface area contributed by atoms with Gasteiger partial charge in [0.15, 0.2) is 0 Å². The number of carbonyl (C=O) groups excluding carboxylic acids is 2. The Morgan fingerprint density at radius 2 is 1.85 bits per heavy atom. The standard InChI is InChI=1S/C22H27N3O2/c1-14-6-5-9-25(13-14)22(27)19-12-18(7-8-23-19)21(26)24-20-16(3)10-15(2)11-17(20)4/h7-8,10-12,14H,5-6,9,13H2,1-4H3,(H,24,26). The quantitative estimate of drug-likeness (QED) is 0.889. The lowest BCUT2D eigenvalue weighted by Crippen LogP contribution is -2.39. The van der Waals surface area contributed by atoms with Gasteiger partial charge in [-0.1, -0.05) is 24.6 Å². The van der Waals surface area contributed by atoms with Crippen LogP contribution in [-0.2, 0) is 0 Å². The van der Waals surface area contributed by atoms with E-state index in [9.17, 15) is 9.59 Å². The average Bonchev–Trinajstić information content (AvgIpc) is 2.64. The van der Waals surface area contributed by atoms with Gasteiger partial charge < -0.3 is 10.2 Å². The maximum atomic E-state index is 12.8. The molecule has 0 saturated carbocycles. The molecule has 1 atom stereocenters. The van der Waals surface area contributed by atoms with Crippen LogP contribution in [0, 0.1) is 26.7 Å². The van der Waals surface area contributed by atoms with Gasteiger partial charge in [-0.15, -0.1) is 0 Å². The third-order valence-corrected chi connectivity index (χ3v) is 5.10. The number of pyridine rings is 1. The van der Waals surface area contributed by atoms with Crippen molar-refractivity contribution in [3.8, 4) is 0 Å². The lowest BCUT2D eigenvalue weighted by atomic mass is 10.00. The summed E-state index contributed by atoms with van der Waals surface area (Å²) in [4.78, 5) is 31.5. The molecule has 1 N–H and O–H groups in total. The molecule has 1 aliphatic heterocycles. The van der Waals surface area contributed by atoms with Crippen LogP contribution in [0.1, 0.15) is 57.3 Å². The summed E-state index contributed by atoms with van der Waals surface area (Å²) in [7, 11) is 0. The van der Waals surface area contributed by atoms with Crippen LogP contribution in [0.2, 0.25) is 0 Å². The van der Waals surface area contributed by atoms with Gasteiger partial charge in [0.25, 0.3) is 11.8 Å². The molecule has 27 heavy (non-hydrogen) atoms. The fourth-order valence-corrected chi connectivity index (χ4v) is 3.79. The van der Waals surface area contributed by atoms with Gasteiger partial charge in [0.1, 0.15) is 5.69 Å². The van der Waals surface area contributed by atoms with Crippen LogP contribution in [-0.4, -0.2) is 34.8 Å². The summed E-state index contributed by atoms with van der Waals surface area (Å²) >= 11 is 0. The molecular formula is C22H27N3O2. The summed E-state index contributed by atoms with van der Waals surface area (Å²) in [6.45, 7) is 9.65. The van der Waals surface area contributed by atoms with Crippen molar-refractivity contribution in [2.45, 2.75) is 40.5 Å². The number of aromatic nitrogens is 1. The van der Waals surface area contributed by atoms with Crippen molar-refractivity contribution < 1.29 is 9.59 Å². The van der Waals surface area contributed by atoms with Crippen LogP contribution in [0.3, 0.4) is 0 Å². The minimum Gasteiger partial charge on any atom is -0.337 e. The number of benzene rings is 1. The Bertz CT molecular complexity index is 853. The molecule has 1 unspecified atom stereocenters. The Balaban J connectivity index is 1.79. The molecule has 2 amide bonds. The van der Waals surface area contributed by atoms with E-state index in [0.29, 0.717) is 17.2 Å². The Hall–Kier alpha value is -2.69. The third-order valence-electron chi connectivity index (χ3n) is 5.10. The Morgan fingerprint density at radius 3 is 2.52 bits per heavy atom. The van der Waals surface area contributed by atoms with Crippen LogP contribution >= 0.6 is 0 Å². The first-order valence-electron chi connectivity index (χ1n) is 9.49. The van der Waals surface area contributed by atoms with Gasteiger partial charge in [0.05, 0.1) is 0 Å². The molecule has 1 aromatic heterocycles. The van der Waals surface area contributed by atoms with E-state index < -0.39 is 0 Å². The summed E-state index contributed by atoms with van der Waals surface area (Å²) in [5.41, 5.74) is 4.80. The molecule has 0 aliphatic carbocycles. The van der Waals surface area contributed by atoms with E-state index in [-0.39, 0.29) is 11.8 Å². The van der Waals surface area contributed by atoms with Crippen LogP contribution < -0.4 is 5.32 Å². The Morgan fingerprint density at radius 1 is 1.15 bits per heavy atom. The van der Waals surface area contributed by atoms with Gasteiger partial charge in [0, 0.05) is 30.5 Å². The first kappa shape index (κ1) is 19.1. The Kier molecular flexibility index (Phi) is 5.59. The number of amides is 2. The van der Waals surface area contributed by atoms with E-state index in [1.807, 2.05) is 37.8 Å². The Labute approximate surface area is 160 Å². The number of nitrogens with zero attached hydrogens (tertiary/aromatic N) is 2. The van der Waals surface area contributed by atoms with Crippen LogP contribution in [0.25, 0.3) is 0 Å². The van der Waals surface area contributed by atoms with Crippen molar-refractivity contribution in [1.29, 1.82) is 0 Å². The molecule has 1 saturated heterocycles. The summed E-state index contributed by atoms with van der Waals surface area (Å²) in [6, 6.07) is 7.32.